The lowest BCUT2D eigenvalue weighted by molar-refractivity contribution is -0.140. The molecule has 1 fully saturated rings. The molecule has 2 aromatic carbocycles. The standard InChI is InChI=1S/C27H29F4N3O6S/c1-16-11-20(40-15-19(36)14-35)12-17(2)21(16)5-10-41(38,39)34-8-6-26(7-9-34)25(37)32-24(33-26)18-3-4-23(28)22(13-18)27(29,30)31/h3-5,10-13,19,35-36H,6-9,14-15H2,1-2H3,(H,32,33,37). The average Bonchev–Trinajstić information content (AvgIpc) is 3.21. The zero-order valence-corrected chi connectivity index (χ0v) is 23.0. The molecule has 1 saturated heterocycles. The summed E-state index contributed by atoms with van der Waals surface area (Å²) in [6.07, 6.45) is -4.48. The topological polar surface area (TPSA) is 129 Å². The van der Waals surface area contributed by atoms with E-state index >= 15 is 0 Å². The van der Waals surface area contributed by atoms with E-state index in [1.54, 1.807) is 26.0 Å². The smallest absolute Gasteiger partial charge is 0.419 e. The molecule has 4 rings (SSSR count). The molecule has 2 aliphatic rings. The van der Waals surface area contributed by atoms with Gasteiger partial charge >= 0.3 is 6.18 Å². The van der Waals surface area contributed by atoms with Crippen LogP contribution in [0.3, 0.4) is 0 Å². The quantitative estimate of drug-likeness (QED) is 0.401. The third-order valence-corrected chi connectivity index (χ3v) is 8.63. The van der Waals surface area contributed by atoms with E-state index in [0.717, 1.165) is 22.6 Å². The lowest BCUT2D eigenvalue weighted by Crippen LogP contribution is -2.50. The van der Waals surface area contributed by atoms with Gasteiger partial charge in [-0.15, -0.1) is 0 Å². The van der Waals surface area contributed by atoms with Crippen LogP contribution < -0.4 is 10.1 Å². The number of carbonyl (C=O) groups excluding carboxylic acids is 1. The number of hydrogen-bond acceptors (Lipinski definition) is 7. The van der Waals surface area contributed by atoms with Gasteiger partial charge < -0.3 is 20.3 Å². The Balaban J connectivity index is 1.46. The lowest BCUT2D eigenvalue weighted by atomic mass is 9.89. The molecule has 0 radical (unpaired) electrons. The van der Waals surface area contributed by atoms with E-state index in [-0.39, 0.29) is 43.9 Å². The number of piperidine rings is 1. The van der Waals surface area contributed by atoms with Crippen LogP contribution in [-0.4, -0.2) is 72.6 Å². The summed E-state index contributed by atoms with van der Waals surface area (Å²) in [5.41, 5.74) is -0.825. The Morgan fingerprint density at radius 2 is 1.80 bits per heavy atom. The van der Waals surface area contributed by atoms with Crippen molar-refractivity contribution in [2.45, 2.75) is 44.5 Å². The van der Waals surface area contributed by atoms with Gasteiger partial charge in [-0.2, -0.15) is 17.5 Å². The number of hydrogen-bond donors (Lipinski definition) is 3. The summed E-state index contributed by atoms with van der Waals surface area (Å²) in [4.78, 5) is 17.2. The zero-order chi connectivity index (χ0) is 30.2. The van der Waals surface area contributed by atoms with Gasteiger partial charge in [0.25, 0.3) is 5.91 Å². The third kappa shape index (κ3) is 6.61. The number of carbonyl (C=O) groups is 1. The molecule has 3 N–H and O–H groups in total. The number of aliphatic hydroxyl groups is 2. The van der Waals surface area contributed by atoms with Crippen molar-refractivity contribution in [2.75, 3.05) is 26.3 Å². The molecule has 9 nitrogen and oxygen atoms in total. The van der Waals surface area contributed by atoms with Crippen molar-refractivity contribution < 1.29 is 45.7 Å². The van der Waals surface area contributed by atoms with Gasteiger partial charge in [0.1, 0.15) is 35.7 Å². The largest absolute Gasteiger partial charge is 0.491 e. The second-order valence-electron chi connectivity index (χ2n) is 10.0. The van der Waals surface area contributed by atoms with Crippen molar-refractivity contribution in [1.82, 2.24) is 9.62 Å². The minimum absolute atomic E-state index is 0.00646. The van der Waals surface area contributed by atoms with Crippen LogP contribution in [0.15, 0.2) is 40.7 Å². The van der Waals surface area contributed by atoms with Crippen molar-refractivity contribution in [3.8, 4) is 5.75 Å². The monoisotopic (exact) mass is 599 g/mol. The highest BCUT2D eigenvalue weighted by Gasteiger charge is 2.47. The maximum atomic E-state index is 13.7. The number of alkyl halides is 3. The van der Waals surface area contributed by atoms with E-state index in [9.17, 15) is 35.9 Å². The normalized spacial score (nSPS) is 18.5. The lowest BCUT2D eigenvalue weighted by Gasteiger charge is -2.34. The van der Waals surface area contributed by atoms with E-state index in [4.69, 9.17) is 9.84 Å². The summed E-state index contributed by atoms with van der Waals surface area (Å²) in [6.45, 7) is 2.90. The van der Waals surface area contributed by atoms with Crippen LogP contribution >= 0.6 is 0 Å². The number of aryl methyl sites for hydroxylation is 2. The summed E-state index contributed by atoms with van der Waals surface area (Å²) >= 11 is 0. The second kappa shape index (κ2) is 11.5. The summed E-state index contributed by atoms with van der Waals surface area (Å²) in [7, 11) is -3.89. The van der Waals surface area contributed by atoms with Gasteiger partial charge in [-0.05, 0) is 79.8 Å². The molecule has 1 amide bonds. The van der Waals surface area contributed by atoms with Gasteiger partial charge in [0.05, 0.1) is 12.2 Å². The number of amides is 1. The molecule has 222 valence electrons. The molecule has 2 aromatic rings. The first-order valence-electron chi connectivity index (χ1n) is 12.6. The molecular formula is C27H29F4N3O6S. The molecule has 0 saturated carbocycles. The molecule has 0 aromatic heterocycles. The molecule has 1 unspecified atom stereocenters. The van der Waals surface area contributed by atoms with Crippen LogP contribution in [0.1, 0.15) is 40.7 Å². The van der Waals surface area contributed by atoms with Crippen molar-refractivity contribution >= 4 is 27.8 Å². The summed E-state index contributed by atoms with van der Waals surface area (Å²) in [5, 5.41) is 21.9. The number of benzene rings is 2. The fourth-order valence-corrected chi connectivity index (χ4v) is 5.93. The molecule has 0 bridgehead atoms. The minimum Gasteiger partial charge on any atom is -0.491 e. The van der Waals surface area contributed by atoms with Crippen LogP contribution in [0.2, 0.25) is 0 Å². The molecule has 1 spiro atoms. The first-order chi connectivity index (χ1) is 19.1. The third-order valence-electron chi connectivity index (χ3n) is 7.06. The molecule has 41 heavy (non-hydrogen) atoms. The van der Waals surface area contributed by atoms with Crippen LogP contribution in [0, 0.1) is 19.7 Å². The Kier molecular flexibility index (Phi) is 8.60. The molecule has 0 aliphatic carbocycles. The summed E-state index contributed by atoms with van der Waals surface area (Å²) in [5.74, 6) is -1.67. The van der Waals surface area contributed by atoms with Gasteiger partial charge in [-0.1, -0.05) is 0 Å². The van der Waals surface area contributed by atoms with E-state index in [1.165, 1.54) is 10.4 Å². The van der Waals surface area contributed by atoms with E-state index in [0.29, 0.717) is 23.4 Å². The van der Waals surface area contributed by atoms with Gasteiger partial charge in [-0.25, -0.2) is 12.8 Å². The molecular weight excluding hydrogens is 570 g/mol. The Morgan fingerprint density at radius 1 is 1.17 bits per heavy atom. The predicted molar refractivity (Wildman–Crippen MR) is 142 cm³/mol. The summed E-state index contributed by atoms with van der Waals surface area (Å²) in [6, 6.07) is 5.69. The highest BCUT2D eigenvalue weighted by Crippen LogP contribution is 2.35. The van der Waals surface area contributed by atoms with Gasteiger partial charge in [0.2, 0.25) is 10.0 Å². The Morgan fingerprint density at radius 3 is 2.39 bits per heavy atom. The van der Waals surface area contributed by atoms with E-state index < -0.39 is 51.7 Å². The van der Waals surface area contributed by atoms with Gasteiger partial charge in [0, 0.05) is 24.1 Å². The number of amidine groups is 1. The predicted octanol–water partition coefficient (Wildman–Crippen LogP) is 2.91. The SMILES string of the molecule is Cc1cc(OCC(O)CO)cc(C)c1C=CS(=O)(=O)N1CCC2(CC1)N=C(c1ccc(F)c(C(F)(F)F)c1)NC2=O. The highest BCUT2D eigenvalue weighted by atomic mass is 32.2. The highest BCUT2D eigenvalue weighted by molar-refractivity contribution is 7.92. The number of ether oxygens (including phenoxy) is 1. The van der Waals surface area contributed by atoms with E-state index in [1.807, 2.05) is 0 Å². The number of aliphatic hydroxyl groups excluding tert-OH is 2. The van der Waals surface area contributed by atoms with Crippen LogP contribution in [-0.2, 0) is 21.0 Å². The number of halogens is 4. The number of nitrogens with zero attached hydrogens (tertiary/aromatic N) is 2. The maximum absolute atomic E-state index is 13.7. The van der Waals surface area contributed by atoms with Crippen molar-refractivity contribution in [3.05, 3.63) is 69.4 Å². The summed E-state index contributed by atoms with van der Waals surface area (Å²) < 4.78 is 85.9. The molecule has 14 heteroatoms. The zero-order valence-electron chi connectivity index (χ0n) is 22.2. The molecule has 2 heterocycles. The number of nitrogens with one attached hydrogen (secondary N) is 1. The fourth-order valence-electron chi connectivity index (χ4n) is 4.76. The first-order valence-corrected chi connectivity index (χ1v) is 14.2. The molecule has 2 aliphatic heterocycles. The number of sulfonamides is 1. The van der Waals surface area contributed by atoms with Crippen molar-refractivity contribution in [1.29, 1.82) is 0 Å². The van der Waals surface area contributed by atoms with Crippen molar-refractivity contribution in [2.24, 2.45) is 4.99 Å². The molecule has 1 atom stereocenters. The fraction of sp³-hybridized carbons (Fsp3) is 0.407. The average molecular weight is 600 g/mol. The van der Waals surface area contributed by atoms with Crippen LogP contribution in [0.4, 0.5) is 17.6 Å². The van der Waals surface area contributed by atoms with Crippen LogP contribution in [0.25, 0.3) is 6.08 Å². The Hall–Kier alpha value is -3.33. The first kappa shape index (κ1) is 30.6. The van der Waals surface area contributed by atoms with Gasteiger partial charge in [0.15, 0.2) is 0 Å². The van der Waals surface area contributed by atoms with E-state index in [2.05, 4.69) is 10.3 Å². The second-order valence-corrected chi connectivity index (χ2v) is 11.8. The number of aliphatic imine (C=N–C) groups is 1. The van der Waals surface area contributed by atoms with Crippen LogP contribution in [0.5, 0.6) is 5.75 Å². The van der Waals surface area contributed by atoms with Gasteiger partial charge in [-0.3, -0.25) is 9.79 Å². The Bertz CT molecular complexity index is 1480. The Labute approximate surface area is 234 Å². The number of rotatable bonds is 8. The maximum Gasteiger partial charge on any atom is 0.419 e. The minimum atomic E-state index is -4.93. The van der Waals surface area contributed by atoms with Crippen molar-refractivity contribution in [3.63, 3.8) is 0 Å².